The molecule has 26 heavy (non-hydrogen) atoms. The predicted octanol–water partition coefficient (Wildman–Crippen LogP) is 2.91. The molecule has 5 nitrogen and oxygen atoms in total. The molecule has 1 fully saturated rings. The maximum absolute atomic E-state index is 10.6. The first kappa shape index (κ1) is 19.0. The topological polar surface area (TPSA) is 57.2 Å². The first-order valence-electron chi connectivity index (χ1n) is 8.86. The Labute approximate surface area is 154 Å². The van der Waals surface area contributed by atoms with Gasteiger partial charge in [0, 0.05) is 7.11 Å². The van der Waals surface area contributed by atoms with E-state index in [1.807, 2.05) is 67.6 Å². The quantitative estimate of drug-likeness (QED) is 0.825. The number of aliphatic hydroxyl groups is 1. The Morgan fingerprint density at radius 2 is 1.35 bits per heavy atom. The molecule has 0 spiro atoms. The zero-order valence-corrected chi connectivity index (χ0v) is 15.2. The van der Waals surface area contributed by atoms with Crippen molar-refractivity contribution in [2.45, 2.75) is 50.8 Å². The van der Waals surface area contributed by atoms with Gasteiger partial charge in [-0.05, 0) is 18.1 Å². The molecule has 0 aromatic heterocycles. The van der Waals surface area contributed by atoms with Crippen LogP contribution in [0.4, 0.5) is 0 Å². The first-order valence-corrected chi connectivity index (χ1v) is 8.86. The smallest absolute Gasteiger partial charge is 0.186 e. The van der Waals surface area contributed by atoms with Gasteiger partial charge in [0.1, 0.15) is 18.3 Å². The van der Waals surface area contributed by atoms with Gasteiger partial charge >= 0.3 is 0 Å². The molecule has 1 aliphatic rings. The molecule has 0 aliphatic carbocycles. The van der Waals surface area contributed by atoms with E-state index in [9.17, 15) is 5.11 Å². The minimum atomic E-state index is -0.930. The van der Waals surface area contributed by atoms with Gasteiger partial charge in [-0.3, -0.25) is 0 Å². The summed E-state index contributed by atoms with van der Waals surface area (Å²) >= 11 is 0. The van der Waals surface area contributed by atoms with Crippen molar-refractivity contribution in [3.63, 3.8) is 0 Å². The summed E-state index contributed by atoms with van der Waals surface area (Å²) in [6, 6.07) is 19.8. The number of ether oxygens (including phenoxy) is 4. The van der Waals surface area contributed by atoms with Crippen LogP contribution in [0, 0.1) is 0 Å². The number of hydrogen-bond donors (Lipinski definition) is 1. The van der Waals surface area contributed by atoms with Crippen molar-refractivity contribution in [2.24, 2.45) is 0 Å². The zero-order valence-electron chi connectivity index (χ0n) is 15.2. The van der Waals surface area contributed by atoms with Gasteiger partial charge in [0.15, 0.2) is 6.29 Å². The summed E-state index contributed by atoms with van der Waals surface area (Å²) < 4.78 is 23.1. The normalized spacial score (nSPS) is 28.8. The van der Waals surface area contributed by atoms with Crippen LogP contribution in [0.1, 0.15) is 18.1 Å². The third-order valence-corrected chi connectivity index (χ3v) is 4.55. The fraction of sp³-hybridized carbons (Fsp3) is 0.429. The van der Waals surface area contributed by atoms with Gasteiger partial charge in [-0.25, -0.2) is 0 Å². The van der Waals surface area contributed by atoms with Gasteiger partial charge in [-0.1, -0.05) is 60.7 Å². The Balaban J connectivity index is 1.69. The highest BCUT2D eigenvalue weighted by molar-refractivity contribution is 5.14. The molecule has 3 rings (SSSR count). The summed E-state index contributed by atoms with van der Waals surface area (Å²) in [5.41, 5.74) is 2.10. The van der Waals surface area contributed by atoms with Crippen LogP contribution in [0.3, 0.4) is 0 Å². The molecule has 0 saturated carbocycles. The second-order valence-corrected chi connectivity index (χ2v) is 6.46. The zero-order chi connectivity index (χ0) is 18.4. The SMILES string of the molecule is CO[C@H]1O[C@@H](C)[C@H](OCc2ccccc2)[C@@H](OCc2ccccc2)[C@H]1O. The predicted molar refractivity (Wildman–Crippen MR) is 97.4 cm³/mol. The molecule has 5 atom stereocenters. The Morgan fingerprint density at radius 1 is 0.846 bits per heavy atom. The van der Waals surface area contributed by atoms with Crippen LogP contribution in [0.15, 0.2) is 60.7 Å². The molecule has 1 aliphatic heterocycles. The Hall–Kier alpha value is -1.76. The molecule has 140 valence electrons. The van der Waals surface area contributed by atoms with Crippen LogP contribution in [-0.4, -0.2) is 42.9 Å². The third-order valence-electron chi connectivity index (χ3n) is 4.55. The molecule has 0 amide bonds. The minimum Gasteiger partial charge on any atom is -0.385 e. The van der Waals surface area contributed by atoms with Crippen molar-refractivity contribution in [3.8, 4) is 0 Å². The van der Waals surface area contributed by atoms with E-state index in [1.54, 1.807) is 0 Å². The van der Waals surface area contributed by atoms with E-state index in [2.05, 4.69) is 0 Å². The molecule has 1 heterocycles. The van der Waals surface area contributed by atoms with E-state index < -0.39 is 24.6 Å². The average Bonchev–Trinajstić information content (AvgIpc) is 2.69. The van der Waals surface area contributed by atoms with E-state index >= 15 is 0 Å². The average molecular weight is 358 g/mol. The second-order valence-electron chi connectivity index (χ2n) is 6.46. The summed E-state index contributed by atoms with van der Waals surface area (Å²) in [5, 5.41) is 10.6. The molecule has 5 heteroatoms. The minimum absolute atomic E-state index is 0.271. The summed E-state index contributed by atoms with van der Waals surface area (Å²) in [4.78, 5) is 0. The summed E-state index contributed by atoms with van der Waals surface area (Å²) in [6.45, 7) is 2.72. The van der Waals surface area contributed by atoms with Crippen molar-refractivity contribution in [3.05, 3.63) is 71.8 Å². The van der Waals surface area contributed by atoms with Gasteiger partial charge in [-0.2, -0.15) is 0 Å². The van der Waals surface area contributed by atoms with Gasteiger partial charge in [-0.15, -0.1) is 0 Å². The van der Waals surface area contributed by atoms with Crippen molar-refractivity contribution in [2.75, 3.05) is 7.11 Å². The van der Waals surface area contributed by atoms with Crippen LogP contribution >= 0.6 is 0 Å². The van der Waals surface area contributed by atoms with Crippen LogP contribution < -0.4 is 0 Å². The van der Waals surface area contributed by atoms with E-state index in [0.717, 1.165) is 11.1 Å². The molecule has 0 bridgehead atoms. The molecular formula is C21H26O5. The Bertz CT molecular complexity index is 648. The molecule has 1 saturated heterocycles. The molecule has 2 aromatic carbocycles. The lowest BCUT2D eigenvalue weighted by Gasteiger charge is -2.42. The van der Waals surface area contributed by atoms with Gasteiger partial charge in [0.05, 0.1) is 19.3 Å². The summed E-state index contributed by atoms with van der Waals surface area (Å²) in [7, 11) is 1.51. The van der Waals surface area contributed by atoms with Crippen molar-refractivity contribution in [1.29, 1.82) is 0 Å². The second kappa shape index (κ2) is 9.26. The van der Waals surface area contributed by atoms with E-state index in [-0.39, 0.29) is 6.10 Å². The number of benzene rings is 2. The van der Waals surface area contributed by atoms with E-state index in [0.29, 0.717) is 13.2 Å². The maximum atomic E-state index is 10.6. The number of hydrogen-bond acceptors (Lipinski definition) is 5. The van der Waals surface area contributed by atoms with Crippen molar-refractivity contribution < 1.29 is 24.1 Å². The van der Waals surface area contributed by atoms with Gasteiger partial charge in [0.2, 0.25) is 0 Å². The highest BCUT2D eigenvalue weighted by Gasteiger charge is 2.45. The largest absolute Gasteiger partial charge is 0.385 e. The lowest BCUT2D eigenvalue weighted by molar-refractivity contribution is -0.303. The molecule has 0 radical (unpaired) electrons. The Morgan fingerprint density at radius 3 is 1.85 bits per heavy atom. The third kappa shape index (κ3) is 4.69. The molecular weight excluding hydrogens is 332 g/mol. The Kier molecular flexibility index (Phi) is 6.77. The fourth-order valence-electron chi connectivity index (χ4n) is 3.14. The van der Waals surface area contributed by atoms with Gasteiger partial charge in [0.25, 0.3) is 0 Å². The number of methoxy groups -OCH3 is 1. The highest BCUT2D eigenvalue weighted by atomic mass is 16.7. The van der Waals surface area contributed by atoms with E-state index in [1.165, 1.54) is 7.11 Å². The lowest BCUT2D eigenvalue weighted by Crippen LogP contribution is -2.58. The van der Waals surface area contributed by atoms with Gasteiger partial charge < -0.3 is 24.1 Å². The fourth-order valence-corrected chi connectivity index (χ4v) is 3.14. The summed E-state index contributed by atoms with van der Waals surface area (Å²) in [6.07, 6.45) is -2.89. The van der Waals surface area contributed by atoms with Crippen molar-refractivity contribution in [1.82, 2.24) is 0 Å². The molecule has 2 aromatic rings. The summed E-state index contributed by atoms with van der Waals surface area (Å²) in [5.74, 6) is 0. The van der Waals surface area contributed by atoms with Crippen LogP contribution in [0.2, 0.25) is 0 Å². The number of rotatable bonds is 7. The van der Waals surface area contributed by atoms with Crippen molar-refractivity contribution >= 4 is 0 Å². The maximum Gasteiger partial charge on any atom is 0.186 e. The number of aliphatic hydroxyl groups excluding tert-OH is 1. The highest BCUT2D eigenvalue weighted by Crippen LogP contribution is 2.27. The molecule has 0 unspecified atom stereocenters. The first-order chi connectivity index (χ1) is 12.7. The van der Waals surface area contributed by atoms with Crippen LogP contribution in [0.5, 0.6) is 0 Å². The molecule has 1 N–H and O–H groups in total. The van der Waals surface area contributed by atoms with E-state index in [4.69, 9.17) is 18.9 Å². The van der Waals surface area contributed by atoms with Crippen LogP contribution in [0.25, 0.3) is 0 Å². The van der Waals surface area contributed by atoms with Crippen LogP contribution in [-0.2, 0) is 32.2 Å². The lowest BCUT2D eigenvalue weighted by atomic mass is 9.99. The monoisotopic (exact) mass is 358 g/mol. The standard InChI is InChI=1S/C21H26O5/c1-15-19(24-13-16-9-5-3-6-10-16)20(18(22)21(23-2)26-15)25-14-17-11-7-4-8-12-17/h3-12,15,18-22H,13-14H2,1-2H3/t15-,18+,19-,20-,21-/m0/s1.